The van der Waals surface area contributed by atoms with Gasteiger partial charge in [-0.15, -0.1) is 0 Å². The van der Waals surface area contributed by atoms with Crippen molar-refractivity contribution in [3.05, 3.63) is 35.4 Å². The molecule has 0 aliphatic carbocycles. The molecule has 0 aromatic heterocycles. The second-order valence-corrected chi connectivity index (χ2v) is 4.77. The average molecular weight is 229 g/mol. The van der Waals surface area contributed by atoms with E-state index >= 15 is 0 Å². The summed E-state index contributed by atoms with van der Waals surface area (Å²) in [4.78, 5) is 17.4. The quantitative estimate of drug-likeness (QED) is 0.771. The zero-order valence-electron chi connectivity index (χ0n) is 8.35. The second-order valence-electron chi connectivity index (χ2n) is 3.06. The highest BCUT2D eigenvalue weighted by Gasteiger charge is 2.12. The molecule has 6 heteroatoms. The number of aryl methyl sites for hydroxylation is 1. The Bertz CT molecular complexity index is 467. The summed E-state index contributed by atoms with van der Waals surface area (Å²) in [6.45, 7) is 1.73. The van der Waals surface area contributed by atoms with E-state index in [4.69, 9.17) is 0 Å². The van der Waals surface area contributed by atoms with Crippen LogP contribution in [0.5, 0.6) is 0 Å². The molecule has 0 unspecified atom stereocenters. The van der Waals surface area contributed by atoms with Crippen LogP contribution < -0.4 is 4.89 Å². The van der Waals surface area contributed by atoms with Gasteiger partial charge in [0, 0.05) is 0 Å². The molecule has 1 aromatic rings. The monoisotopic (exact) mass is 229 g/mol. The van der Waals surface area contributed by atoms with Gasteiger partial charge in [-0.25, -0.2) is 13.2 Å². The summed E-state index contributed by atoms with van der Waals surface area (Å²) in [6.07, 6.45) is 0.901. The Morgan fingerprint density at radius 1 is 1.33 bits per heavy atom. The molecular weight excluding hydrogens is 218 g/mol. The highest BCUT2D eigenvalue weighted by atomic mass is 32.2. The fourth-order valence-corrected chi connectivity index (χ4v) is 1.20. The Kier molecular flexibility index (Phi) is 3.43. The third kappa shape index (κ3) is 3.69. The number of nitrogens with one attached hydrogen (secondary N) is 1. The lowest BCUT2D eigenvalue weighted by atomic mass is 10.1. The summed E-state index contributed by atoms with van der Waals surface area (Å²) in [5, 5.41) is 0. The molecule has 5 nitrogen and oxygen atoms in total. The fourth-order valence-electron chi connectivity index (χ4n) is 0.970. The second kappa shape index (κ2) is 4.41. The Hall–Kier alpha value is -1.40. The minimum atomic E-state index is -3.53. The predicted molar refractivity (Wildman–Crippen MR) is 54.6 cm³/mol. The first-order valence-electron chi connectivity index (χ1n) is 4.14. The van der Waals surface area contributed by atoms with Crippen LogP contribution in [0, 0.1) is 6.92 Å². The summed E-state index contributed by atoms with van der Waals surface area (Å²) in [5.41, 5.74) is 1.05. The number of benzene rings is 1. The summed E-state index contributed by atoms with van der Waals surface area (Å²) in [6, 6.07) is 6.73. The zero-order valence-corrected chi connectivity index (χ0v) is 9.17. The average Bonchev–Trinajstić information content (AvgIpc) is 2.14. The van der Waals surface area contributed by atoms with Crippen LogP contribution in [-0.2, 0) is 14.9 Å². The highest BCUT2D eigenvalue weighted by molar-refractivity contribution is 7.88. The number of carbonyl (C=O) groups excluding carboxylic acids is 1. The molecule has 0 spiro atoms. The first-order valence-corrected chi connectivity index (χ1v) is 6.03. The molecule has 0 atom stereocenters. The number of carbonyl (C=O) groups is 1. The number of rotatable bonds is 3. The van der Waals surface area contributed by atoms with E-state index in [0.717, 1.165) is 11.8 Å². The van der Waals surface area contributed by atoms with Gasteiger partial charge in [-0.3, -0.25) is 0 Å². The maximum absolute atomic E-state index is 11.4. The summed E-state index contributed by atoms with van der Waals surface area (Å²) >= 11 is 0. The van der Waals surface area contributed by atoms with Gasteiger partial charge in [-0.2, -0.15) is 0 Å². The molecule has 0 bridgehead atoms. The molecule has 0 saturated heterocycles. The first kappa shape index (κ1) is 11.7. The number of sulfonamides is 1. The maximum Gasteiger partial charge on any atom is 0.358 e. The van der Waals surface area contributed by atoms with E-state index in [-0.39, 0.29) is 0 Å². The molecule has 1 rings (SSSR count). The van der Waals surface area contributed by atoms with Gasteiger partial charge >= 0.3 is 5.97 Å². The maximum atomic E-state index is 11.4. The van der Waals surface area contributed by atoms with Crippen molar-refractivity contribution >= 4 is 16.0 Å². The fraction of sp³-hybridized carbons (Fsp3) is 0.222. The van der Waals surface area contributed by atoms with Crippen molar-refractivity contribution in [3.8, 4) is 0 Å². The van der Waals surface area contributed by atoms with Gasteiger partial charge in [0.05, 0.1) is 11.8 Å². The third-order valence-corrected chi connectivity index (χ3v) is 2.04. The topological polar surface area (TPSA) is 72.5 Å². The van der Waals surface area contributed by atoms with Gasteiger partial charge in [-0.05, 0) is 23.4 Å². The van der Waals surface area contributed by atoms with E-state index in [1.807, 2.05) is 0 Å². The van der Waals surface area contributed by atoms with E-state index in [2.05, 4.69) is 4.84 Å². The van der Waals surface area contributed by atoms with E-state index < -0.39 is 16.0 Å². The summed E-state index contributed by atoms with van der Waals surface area (Å²) in [7, 11) is -3.53. The molecule has 0 radical (unpaired) electrons. The van der Waals surface area contributed by atoms with Crippen molar-refractivity contribution in [2.24, 2.45) is 0 Å². The lowest BCUT2D eigenvalue weighted by Gasteiger charge is -2.05. The SMILES string of the molecule is Cc1ccccc1C(=O)ONS(C)(=O)=O. The van der Waals surface area contributed by atoms with Crippen molar-refractivity contribution in [1.82, 2.24) is 4.89 Å². The van der Waals surface area contributed by atoms with Crippen molar-refractivity contribution in [3.63, 3.8) is 0 Å². The summed E-state index contributed by atoms with van der Waals surface area (Å²) in [5.74, 6) is -0.724. The molecule has 0 heterocycles. The third-order valence-electron chi connectivity index (χ3n) is 1.65. The predicted octanol–water partition coefficient (Wildman–Crippen LogP) is 0.616. The van der Waals surface area contributed by atoms with Crippen LogP contribution in [-0.4, -0.2) is 20.6 Å². The van der Waals surface area contributed by atoms with Crippen molar-refractivity contribution in [2.45, 2.75) is 6.92 Å². The van der Waals surface area contributed by atoms with Crippen molar-refractivity contribution in [1.29, 1.82) is 0 Å². The molecule has 0 aliphatic rings. The largest absolute Gasteiger partial charge is 0.358 e. The molecule has 82 valence electrons. The van der Waals surface area contributed by atoms with Gasteiger partial charge in [0.25, 0.3) is 0 Å². The van der Waals surface area contributed by atoms with Crippen LogP contribution in [0.25, 0.3) is 0 Å². The van der Waals surface area contributed by atoms with Crippen LogP contribution >= 0.6 is 0 Å². The Morgan fingerprint density at radius 2 is 1.93 bits per heavy atom. The normalized spacial score (nSPS) is 11.1. The number of hydrogen-bond acceptors (Lipinski definition) is 4. The minimum absolute atomic E-state index is 0.327. The lowest BCUT2D eigenvalue weighted by molar-refractivity contribution is 0.0408. The summed E-state index contributed by atoms with van der Waals surface area (Å²) < 4.78 is 21.3. The molecule has 15 heavy (non-hydrogen) atoms. The van der Waals surface area contributed by atoms with Crippen molar-refractivity contribution < 1.29 is 18.0 Å². The molecule has 0 aliphatic heterocycles. The van der Waals surface area contributed by atoms with Crippen LogP contribution in [0.3, 0.4) is 0 Å². The highest BCUT2D eigenvalue weighted by Crippen LogP contribution is 2.07. The lowest BCUT2D eigenvalue weighted by Crippen LogP contribution is -2.26. The zero-order chi connectivity index (χ0) is 11.5. The van der Waals surface area contributed by atoms with Crippen molar-refractivity contribution in [2.75, 3.05) is 6.26 Å². The van der Waals surface area contributed by atoms with Crippen LogP contribution in [0.15, 0.2) is 24.3 Å². The first-order chi connectivity index (χ1) is 6.90. The smallest absolute Gasteiger partial charge is 0.351 e. The van der Waals surface area contributed by atoms with Crippen LogP contribution in [0.4, 0.5) is 0 Å². The van der Waals surface area contributed by atoms with Gasteiger partial charge < -0.3 is 4.84 Å². The van der Waals surface area contributed by atoms with E-state index in [0.29, 0.717) is 5.56 Å². The molecule has 1 N–H and O–H groups in total. The number of hydrogen-bond donors (Lipinski definition) is 1. The molecular formula is C9H11NO4S. The van der Waals surface area contributed by atoms with Gasteiger partial charge in [0.15, 0.2) is 0 Å². The molecule has 0 saturated carbocycles. The Balaban J connectivity index is 2.75. The van der Waals surface area contributed by atoms with E-state index in [1.54, 1.807) is 36.1 Å². The van der Waals surface area contributed by atoms with E-state index in [9.17, 15) is 13.2 Å². The van der Waals surface area contributed by atoms with E-state index in [1.165, 1.54) is 0 Å². The Morgan fingerprint density at radius 3 is 2.47 bits per heavy atom. The Labute approximate surface area is 88.1 Å². The van der Waals surface area contributed by atoms with Crippen LogP contribution in [0.1, 0.15) is 15.9 Å². The standard InChI is InChI=1S/C9H11NO4S/c1-7-5-3-4-6-8(7)9(11)14-10-15(2,12)13/h3-6,10H,1-2H3. The molecule has 0 fully saturated rings. The van der Waals surface area contributed by atoms with Gasteiger partial charge in [0.1, 0.15) is 0 Å². The van der Waals surface area contributed by atoms with Gasteiger partial charge in [-0.1, -0.05) is 18.2 Å². The van der Waals surface area contributed by atoms with Crippen LogP contribution in [0.2, 0.25) is 0 Å². The molecule has 0 amide bonds. The van der Waals surface area contributed by atoms with Gasteiger partial charge in [0.2, 0.25) is 10.0 Å². The minimum Gasteiger partial charge on any atom is -0.351 e. The molecule has 1 aromatic carbocycles.